The molecule has 0 saturated carbocycles. The van der Waals surface area contributed by atoms with Gasteiger partial charge in [-0.25, -0.2) is 9.67 Å². The molecule has 0 bridgehead atoms. The number of nitrogens with zero attached hydrogens (tertiary/aromatic N) is 4. The van der Waals surface area contributed by atoms with Gasteiger partial charge in [0.2, 0.25) is 11.9 Å². The second kappa shape index (κ2) is 3.06. The number of rotatable bonds is 1. The van der Waals surface area contributed by atoms with E-state index in [1.54, 1.807) is 13.1 Å². The largest absolute Gasteiger partial charge is 0.368 e. The van der Waals surface area contributed by atoms with E-state index in [2.05, 4.69) is 15.1 Å². The molecule has 2 aromatic rings. The highest BCUT2D eigenvalue weighted by atomic mass is 19.1. The van der Waals surface area contributed by atoms with Gasteiger partial charge >= 0.3 is 0 Å². The van der Waals surface area contributed by atoms with Crippen molar-refractivity contribution in [1.82, 2.24) is 19.7 Å². The van der Waals surface area contributed by atoms with Crippen molar-refractivity contribution in [3.05, 3.63) is 24.3 Å². The summed E-state index contributed by atoms with van der Waals surface area (Å²) in [5.74, 6) is 0.222. The fraction of sp³-hybridized carbons (Fsp3) is 0.125. The smallest absolute Gasteiger partial charge is 0.218 e. The van der Waals surface area contributed by atoms with Gasteiger partial charge in [0, 0.05) is 18.8 Å². The van der Waals surface area contributed by atoms with Crippen LogP contribution in [0.2, 0.25) is 0 Å². The summed E-state index contributed by atoms with van der Waals surface area (Å²) in [5.41, 5.74) is 6.14. The van der Waals surface area contributed by atoms with Crippen molar-refractivity contribution < 1.29 is 4.39 Å². The lowest BCUT2D eigenvalue weighted by Crippen LogP contribution is -1.97. The van der Waals surface area contributed by atoms with E-state index in [1.807, 2.05) is 0 Å². The maximum absolute atomic E-state index is 12.5. The lowest BCUT2D eigenvalue weighted by atomic mass is 10.3. The Kier molecular flexibility index (Phi) is 1.88. The minimum atomic E-state index is -0.530. The molecule has 2 aromatic heterocycles. The number of hydrogen-bond donors (Lipinski definition) is 1. The molecule has 0 unspecified atom stereocenters. The molecular weight excluding hydrogens is 185 g/mol. The highest BCUT2D eigenvalue weighted by Crippen LogP contribution is 2.14. The van der Waals surface area contributed by atoms with Gasteiger partial charge < -0.3 is 5.73 Å². The minimum Gasteiger partial charge on any atom is -0.368 e. The molecular formula is C8H8FN5. The summed E-state index contributed by atoms with van der Waals surface area (Å²) in [4.78, 5) is 7.47. The average Bonchev–Trinajstić information content (AvgIpc) is 2.48. The first-order valence-electron chi connectivity index (χ1n) is 3.95. The van der Waals surface area contributed by atoms with Crippen LogP contribution in [-0.4, -0.2) is 19.7 Å². The van der Waals surface area contributed by atoms with E-state index in [1.165, 1.54) is 16.9 Å². The first kappa shape index (κ1) is 8.61. The quantitative estimate of drug-likeness (QED) is 0.673. The van der Waals surface area contributed by atoms with Crippen LogP contribution in [0, 0.1) is 5.95 Å². The molecule has 2 N–H and O–H groups in total. The molecule has 0 aliphatic heterocycles. The van der Waals surface area contributed by atoms with Crippen LogP contribution in [0.3, 0.4) is 0 Å². The van der Waals surface area contributed by atoms with E-state index in [0.29, 0.717) is 17.3 Å². The molecule has 72 valence electrons. The van der Waals surface area contributed by atoms with Crippen LogP contribution in [-0.2, 0) is 7.05 Å². The van der Waals surface area contributed by atoms with Gasteiger partial charge in [-0.2, -0.15) is 9.37 Å². The van der Waals surface area contributed by atoms with Crippen LogP contribution in [0.25, 0.3) is 11.4 Å². The van der Waals surface area contributed by atoms with E-state index in [-0.39, 0.29) is 0 Å². The number of aromatic nitrogens is 4. The van der Waals surface area contributed by atoms with E-state index >= 15 is 0 Å². The molecule has 0 radical (unpaired) electrons. The van der Waals surface area contributed by atoms with Gasteiger partial charge in [0.15, 0.2) is 5.82 Å². The van der Waals surface area contributed by atoms with Crippen molar-refractivity contribution in [1.29, 1.82) is 0 Å². The maximum atomic E-state index is 12.5. The summed E-state index contributed by atoms with van der Waals surface area (Å²) in [6.45, 7) is 0. The van der Waals surface area contributed by atoms with Gasteiger partial charge in [0.1, 0.15) is 0 Å². The van der Waals surface area contributed by atoms with Crippen molar-refractivity contribution in [3.63, 3.8) is 0 Å². The monoisotopic (exact) mass is 193 g/mol. The second-order valence-electron chi connectivity index (χ2n) is 2.79. The van der Waals surface area contributed by atoms with E-state index in [0.717, 1.165) is 0 Å². The van der Waals surface area contributed by atoms with E-state index in [9.17, 15) is 4.39 Å². The lowest BCUT2D eigenvalue weighted by Gasteiger charge is -1.92. The Morgan fingerprint density at radius 1 is 1.43 bits per heavy atom. The number of anilines is 1. The fourth-order valence-electron chi connectivity index (χ4n) is 1.03. The van der Waals surface area contributed by atoms with Crippen LogP contribution in [0.4, 0.5) is 10.3 Å². The van der Waals surface area contributed by atoms with Gasteiger partial charge in [-0.1, -0.05) is 0 Å². The van der Waals surface area contributed by atoms with Gasteiger partial charge in [-0.05, 0) is 12.1 Å². The Balaban J connectivity index is 2.44. The van der Waals surface area contributed by atoms with Crippen LogP contribution < -0.4 is 5.73 Å². The minimum absolute atomic E-state index is 0.310. The van der Waals surface area contributed by atoms with Crippen molar-refractivity contribution in [3.8, 4) is 11.4 Å². The number of pyridine rings is 1. The normalized spacial score (nSPS) is 10.4. The molecule has 0 fully saturated rings. The summed E-state index contributed by atoms with van der Waals surface area (Å²) >= 11 is 0. The molecule has 6 heteroatoms. The highest BCUT2D eigenvalue weighted by Gasteiger charge is 2.06. The van der Waals surface area contributed by atoms with Gasteiger partial charge in [0.25, 0.3) is 0 Å². The van der Waals surface area contributed by atoms with Gasteiger partial charge in [-0.15, -0.1) is 5.10 Å². The lowest BCUT2D eigenvalue weighted by molar-refractivity contribution is 0.584. The SMILES string of the molecule is Cn1nc(-c2ccc(F)nc2)nc1N. The number of hydrogen-bond acceptors (Lipinski definition) is 4. The van der Waals surface area contributed by atoms with Gasteiger partial charge in [0.05, 0.1) is 0 Å². The van der Waals surface area contributed by atoms with E-state index in [4.69, 9.17) is 5.73 Å². The number of nitrogen functional groups attached to an aromatic ring is 1. The first-order chi connectivity index (χ1) is 6.66. The Labute approximate surface area is 79.4 Å². The molecule has 2 rings (SSSR count). The highest BCUT2D eigenvalue weighted by molar-refractivity contribution is 5.53. The van der Waals surface area contributed by atoms with Gasteiger partial charge in [-0.3, -0.25) is 0 Å². The maximum Gasteiger partial charge on any atom is 0.218 e. The topological polar surface area (TPSA) is 69.6 Å². The average molecular weight is 193 g/mol. The molecule has 0 saturated heterocycles. The van der Waals surface area contributed by atoms with Crippen LogP contribution in [0.15, 0.2) is 18.3 Å². The third kappa shape index (κ3) is 1.41. The summed E-state index contributed by atoms with van der Waals surface area (Å²) in [5, 5.41) is 4.03. The van der Waals surface area contributed by atoms with Crippen molar-refractivity contribution in [2.75, 3.05) is 5.73 Å². The summed E-state index contributed by atoms with van der Waals surface area (Å²) < 4.78 is 13.9. The molecule has 0 spiro atoms. The summed E-state index contributed by atoms with van der Waals surface area (Å²) in [6, 6.07) is 2.80. The molecule has 0 aliphatic rings. The molecule has 0 aromatic carbocycles. The van der Waals surface area contributed by atoms with Crippen molar-refractivity contribution in [2.24, 2.45) is 7.05 Å². The van der Waals surface area contributed by atoms with Crippen LogP contribution in [0.1, 0.15) is 0 Å². The zero-order chi connectivity index (χ0) is 10.1. The molecule has 2 heterocycles. The standard InChI is InChI=1S/C8H8FN5/c1-14-8(10)12-7(13-14)5-2-3-6(9)11-4-5/h2-4H,1H3,(H2,10,12,13). The fourth-order valence-corrected chi connectivity index (χ4v) is 1.03. The number of halogens is 1. The second-order valence-corrected chi connectivity index (χ2v) is 2.79. The zero-order valence-corrected chi connectivity index (χ0v) is 7.48. The number of aryl methyl sites for hydroxylation is 1. The Morgan fingerprint density at radius 3 is 2.71 bits per heavy atom. The zero-order valence-electron chi connectivity index (χ0n) is 7.48. The van der Waals surface area contributed by atoms with Crippen LogP contribution in [0.5, 0.6) is 0 Å². The van der Waals surface area contributed by atoms with Crippen molar-refractivity contribution >= 4 is 5.95 Å². The Morgan fingerprint density at radius 2 is 2.21 bits per heavy atom. The summed E-state index contributed by atoms with van der Waals surface area (Å²) in [7, 11) is 1.68. The molecule has 5 nitrogen and oxygen atoms in total. The molecule has 0 aliphatic carbocycles. The molecule has 0 amide bonds. The van der Waals surface area contributed by atoms with Crippen molar-refractivity contribution in [2.45, 2.75) is 0 Å². The Hall–Kier alpha value is -1.98. The Bertz CT molecular complexity index is 428. The van der Waals surface area contributed by atoms with E-state index < -0.39 is 5.95 Å². The third-order valence-electron chi connectivity index (χ3n) is 1.78. The molecule has 0 atom stereocenters. The third-order valence-corrected chi connectivity index (χ3v) is 1.78. The predicted molar refractivity (Wildman–Crippen MR) is 48.6 cm³/mol. The first-order valence-corrected chi connectivity index (χ1v) is 3.95. The summed E-state index contributed by atoms with van der Waals surface area (Å²) in [6.07, 6.45) is 1.37. The molecule has 14 heavy (non-hydrogen) atoms. The van der Waals surface area contributed by atoms with Crippen LogP contribution >= 0.6 is 0 Å². The predicted octanol–water partition coefficient (Wildman–Crippen LogP) is 0.598. The number of nitrogens with two attached hydrogens (primary N) is 1.